The highest BCUT2D eigenvalue weighted by Crippen LogP contribution is 2.58. The Labute approximate surface area is 243 Å². The van der Waals surface area contributed by atoms with Gasteiger partial charge in [-0.1, -0.05) is 78.9 Å². The number of aliphatic hydroxyl groups is 1. The summed E-state index contributed by atoms with van der Waals surface area (Å²) in [4.78, 5) is 45.9. The van der Waals surface area contributed by atoms with E-state index in [2.05, 4.69) is 0 Å². The Balaban J connectivity index is 1.37. The zero-order valence-electron chi connectivity index (χ0n) is 23.3. The molecule has 1 spiro atoms. The number of amides is 2. The van der Waals surface area contributed by atoms with Crippen LogP contribution in [0.25, 0.3) is 10.8 Å². The molecule has 0 bridgehead atoms. The smallest absolute Gasteiger partial charge is 0.313 e. The van der Waals surface area contributed by atoms with Gasteiger partial charge in [0.15, 0.2) is 0 Å². The van der Waals surface area contributed by atoms with Crippen LogP contribution in [0.2, 0.25) is 0 Å². The minimum Gasteiger partial charge on any atom is -0.461 e. The normalized spacial score (nSPS) is 30.9. The van der Waals surface area contributed by atoms with E-state index in [0.717, 1.165) is 16.3 Å². The van der Waals surface area contributed by atoms with Gasteiger partial charge in [-0.15, -0.1) is 0 Å². The number of likely N-dealkylation sites (tertiary alicyclic amines) is 1. The van der Waals surface area contributed by atoms with Crippen molar-refractivity contribution in [1.82, 2.24) is 4.90 Å². The quantitative estimate of drug-likeness (QED) is 0.377. The van der Waals surface area contributed by atoms with Crippen molar-refractivity contribution in [3.8, 4) is 0 Å². The van der Waals surface area contributed by atoms with Crippen molar-refractivity contribution in [3.05, 3.63) is 103 Å². The number of carbonyl (C=O) groups excluding carboxylic acids is 3. The first-order chi connectivity index (χ1) is 20.4. The van der Waals surface area contributed by atoms with Gasteiger partial charge in [0.1, 0.15) is 24.2 Å². The van der Waals surface area contributed by atoms with E-state index < -0.39 is 47.0 Å². The van der Waals surface area contributed by atoms with Gasteiger partial charge in [0, 0.05) is 12.2 Å². The molecule has 2 amide bonds. The van der Waals surface area contributed by atoms with Crippen LogP contribution in [0.4, 0.5) is 5.69 Å². The number of anilines is 1. The first-order valence-corrected chi connectivity index (χ1v) is 14.4. The van der Waals surface area contributed by atoms with E-state index in [1.54, 1.807) is 30.1 Å². The number of esters is 1. The average Bonchev–Trinajstić information content (AvgIpc) is 3.26. The number of hydrogen-bond donors (Lipinski definition) is 1. The van der Waals surface area contributed by atoms with Crippen molar-refractivity contribution in [3.63, 3.8) is 0 Å². The van der Waals surface area contributed by atoms with Crippen LogP contribution < -0.4 is 4.90 Å². The zero-order valence-corrected chi connectivity index (χ0v) is 23.3. The summed E-state index contributed by atoms with van der Waals surface area (Å²) in [5, 5.41) is 12.7. The summed E-state index contributed by atoms with van der Waals surface area (Å²) in [6, 6.07) is 21.5. The highest BCUT2D eigenvalue weighted by molar-refractivity contribution is 6.06. The van der Waals surface area contributed by atoms with Gasteiger partial charge >= 0.3 is 5.97 Å². The molecule has 3 aromatic carbocycles. The molecule has 0 radical (unpaired) electrons. The first-order valence-electron chi connectivity index (χ1n) is 14.4. The number of benzene rings is 3. The number of carbonyl (C=O) groups is 3. The molecule has 6 atom stereocenters. The molecule has 8 heteroatoms. The Morgan fingerprint density at radius 2 is 1.67 bits per heavy atom. The number of hydrogen-bond acceptors (Lipinski definition) is 6. The average molecular weight is 565 g/mol. The van der Waals surface area contributed by atoms with E-state index in [1.165, 1.54) is 4.90 Å². The first kappa shape index (κ1) is 26.6. The Hall–Kier alpha value is -4.27. The highest BCUT2D eigenvalue weighted by Gasteiger charge is 2.75. The number of aliphatic hydroxyl groups excluding tert-OH is 1. The third kappa shape index (κ3) is 3.93. The second kappa shape index (κ2) is 9.93. The monoisotopic (exact) mass is 564 g/mol. The molecular weight excluding hydrogens is 532 g/mol. The van der Waals surface area contributed by atoms with E-state index in [0.29, 0.717) is 12.1 Å². The maximum atomic E-state index is 14.8. The van der Waals surface area contributed by atoms with Gasteiger partial charge in [-0.25, -0.2) is 0 Å². The summed E-state index contributed by atoms with van der Waals surface area (Å²) in [6.07, 6.45) is 7.49. The second-order valence-corrected chi connectivity index (χ2v) is 11.7. The molecule has 7 rings (SSSR count). The molecule has 1 unspecified atom stereocenters. The molecule has 2 saturated heterocycles. The molecular formula is C34H32N2O6. The number of ether oxygens (including phenoxy) is 2. The van der Waals surface area contributed by atoms with Gasteiger partial charge in [-0.2, -0.15) is 0 Å². The Bertz CT molecular complexity index is 1640. The Morgan fingerprint density at radius 3 is 2.45 bits per heavy atom. The van der Waals surface area contributed by atoms with Crippen LogP contribution in [0.15, 0.2) is 97.1 Å². The summed E-state index contributed by atoms with van der Waals surface area (Å²) >= 11 is 0. The maximum absolute atomic E-state index is 14.8. The number of rotatable bonds is 5. The van der Waals surface area contributed by atoms with Gasteiger partial charge in [-0.05, 0) is 47.9 Å². The van der Waals surface area contributed by atoms with Crippen molar-refractivity contribution in [1.29, 1.82) is 0 Å². The summed E-state index contributed by atoms with van der Waals surface area (Å²) in [7, 11) is 0. The molecule has 214 valence electrons. The van der Waals surface area contributed by atoms with Gasteiger partial charge in [0.05, 0.1) is 24.2 Å². The topological polar surface area (TPSA) is 96.4 Å². The Kier molecular flexibility index (Phi) is 6.29. The van der Waals surface area contributed by atoms with Crippen LogP contribution >= 0.6 is 0 Å². The largest absolute Gasteiger partial charge is 0.461 e. The van der Waals surface area contributed by atoms with Gasteiger partial charge in [-0.3, -0.25) is 14.4 Å². The van der Waals surface area contributed by atoms with Crippen molar-refractivity contribution < 1.29 is 29.0 Å². The molecule has 0 aromatic heterocycles. The van der Waals surface area contributed by atoms with Crippen LogP contribution in [-0.2, 0) is 30.3 Å². The standard InChI is InChI=1S/C34H32N2O6/c1-33-15-8-18-41-32(40)28(33)27-30(38)36(26(21-37)19-22-9-3-2-4-10-22)29-31(39)35(17-7-16-34(27,29)42-33)25-14-13-23-11-5-6-12-24(23)20-25/h2-16,20,26-29,37H,17-19,21H2,1H3/t26-,27+,28+,29?,33-,34+/m1/s1. The van der Waals surface area contributed by atoms with Crippen LogP contribution in [0.3, 0.4) is 0 Å². The van der Waals surface area contributed by atoms with E-state index in [9.17, 15) is 19.5 Å². The van der Waals surface area contributed by atoms with E-state index in [4.69, 9.17) is 9.47 Å². The van der Waals surface area contributed by atoms with Crippen LogP contribution in [0, 0.1) is 11.8 Å². The van der Waals surface area contributed by atoms with Gasteiger partial charge < -0.3 is 24.4 Å². The fourth-order valence-electron chi connectivity index (χ4n) is 7.40. The zero-order chi connectivity index (χ0) is 29.1. The highest BCUT2D eigenvalue weighted by atomic mass is 16.6. The molecule has 1 N–H and O–H groups in total. The van der Waals surface area contributed by atoms with Crippen molar-refractivity contribution in [2.45, 2.75) is 36.6 Å². The summed E-state index contributed by atoms with van der Waals surface area (Å²) in [5.74, 6) is -3.19. The lowest BCUT2D eigenvalue weighted by molar-refractivity contribution is -0.157. The third-order valence-electron chi connectivity index (χ3n) is 9.21. The van der Waals surface area contributed by atoms with Crippen molar-refractivity contribution in [2.75, 3.05) is 24.7 Å². The molecule has 2 fully saturated rings. The molecule has 4 heterocycles. The molecule has 0 saturated carbocycles. The number of nitrogens with zero attached hydrogens (tertiary/aromatic N) is 2. The summed E-state index contributed by atoms with van der Waals surface area (Å²) < 4.78 is 12.3. The lowest BCUT2D eigenvalue weighted by Gasteiger charge is -2.40. The van der Waals surface area contributed by atoms with Gasteiger partial charge in [0.2, 0.25) is 5.91 Å². The molecule has 0 aliphatic carbocycles. The summed E-state index contributed by atoms with van der Waals surface area (Å²) in [6.45, 7) is 1.77. The molecule has 42 heavy (non-hydrogen) atoms. The second-order valence-electron chi connectivity index (χ2n) is 11.7. The lowest BCUT2D eigenvalue weighted by Crippen LogP contribution is -2.59. The molecule has 8 nitrogen and oxygen atoms in total. The molecule has 4 aliphatic heterocycles. The van der Waals surface area contributed by atoms with E-state index >= 15 is 0 Å². The fourth-order valence-corrected chi connectivity index (χ4v) is 7.40. The van der Waals surface area contributed by atoms with Crippen molar-refractivity contribution >= 4 is 34.2 Å². The van der Waals surface area contributed by atoms with Crippen molar-refractivity contribution in [2.24, 2.45) is 11.8 Å². The summed E-state index contributed by atoms with van der Waals surface area (Å²) in [5.41, 5.74) is -0.960. The fraction of sp³-hybridized carbons (Fsp3) is 0.324. The number of cyclic esters (lactones) is 1. The van der Waals surface area contributed by atoms with Crippen LogP contribution in [0.1, 0.15) is 12.5 Å². The third-order valence-corrected chi connectivity index (χ3v) is 9.21. The predicted octanol–water partition coefficient (Wildman–Crippen LogP) is 3.43. The predicted molar refractivity (Wildman–Crippen MR) is 156 cm³/mol. The lowest BCUT2D eigenvalue weighted by atomic mass is 9.75. The minimum atomic E-state index is -1.43. The van der Waals surface area contributed by atoms with E-state index in [1.807, 2.05) is 78.9 Å². The SMILES string of the molecule is C[C@@]12C=CCOC(=O)[C@@H]1[C@H]1C(=O)N([C@@H](CO)Cc3ccccc3)C3C(=O)N(c4ccc5ccccc5c4)CC=C[C@@]31O2. The molecule has 3 aromatic rings. The number of fused-ring (bicyclic) bond motifs is 3. The van der Waals surface area contributed by atoms with Crippen LogP contribution in [0.5, 0.6) is 0 Å². The maximum Gasteiger partial charge on any atom is 0.313 e. The van der Waals surface area contributed by atoms with E-state index in [-0.39, 0.29) is 25.7 Å². The minimum absolute atomic E-state index is 0.0904. The van der Waals surface area contributed by atoms with Gasteiger partial charge in [0.25, 0.3) is 5.91 Å². The van der Waals surface area contributed by atoms with Crippen LogP contribution in [-0.4, -0.2) is 70.8 Å². The molecule has 4 aliphatic rings. The Morgan fingerprint density at radius 1 is 0.905 bits per heavy atom.